The van der Waals surface area contributed by atoms with E-state index < -0.39 is 0 Å². The number of rotatable bonds is 3. The zero-order valence-electron chi connectivity index (χ0n) is 10.7. The van der Waals surface area contributed by atoms with E-state index in [-0.39, 0.29) is 0 Å². The van der Waals surface area contributed by atoms with Crippen molar-refractivity contribution in [3.8, 4) is 5.69 Å². The van der Waals surface area contributed by atoms with Gasteiger partial charge in [-0.25, -0.2) is 9.67 Å². The molecule has 2 aromatic rings. The smallest absolute Gasteiger partial charge is 0.138 e. The van der Waals surface area contributed by atoms with Crippen LogP contribution in [0.2, 0.25) is 0 Å². The lowest BCUT2D eigenvalue weighted by molar-refractivity contribution is 0.399. The fourth-order valence-corrected chi connectivity index (χ4v) is 3.19. The first kappa shape index (κ1) is 12.8. The largest absolute Gasteiger partial charge is 0.314 e. The number of nitrogens with zero attached hydrogens (tertiary/aromatic N) is 3. The highest BCUT2D eigenvalue weighted by molar-refractivity contribution is 9.10. The number of nitrogens with one attached hydrogen (secondary N) is 1. The van der Waals surface area contributed by atoms with Crippen LogP contribution in [-0.2, 0) is 6.42 Å². The molecule has 19 heavy (non-hydrogen) atoms. The van der Waals surface area contributed by atoms with Crippen LogP contribution >= 0.6 is 15.9 Å². The second-order valence-corrected chi connectivity index (χ2v) is 5.83. The van der Waals surface area contributed by atoms with Crippen molar-refractivity contribution >= 4 is 15.9 Å². The summed E-state index contributed by atoms with van der Waals surface area (Å²) in [5.41, 5.74) is 2.38. The maximum absolute atomic E-state index is 4.16. The molecule has 2 heterocycles. The summed E-state index contributed by atoms with van der Waals surface area (Å²) in [4.78, 5) is 3.98. The predicted octanol–water partition coefficient (Wildman–Crippen LogP) is 2.71. The van der Waals surface area contributed by atoms with E-state index in [9.17, 15) is 0 Å². The monoisotopic (exact) mass is 320 g/mol. The highest BCUT2D eigenvalue weighted by atomic mass is 79.9. The minimum Gasteiger partial charge on any atom is -0.314 e. The van der Waals surface area contributed by atoms with Gasteiger partial charge >= 0.3 is 0 Å². The van der Waals surface area contributed by atoms with Crippen LogP contribution in [0.3, 0.4) is 0 Å². The maximum Gasteiger partial charge on any atom is 0.138 e. The van der Waals surface area contributed by atoms with Gasteiger partial charge in [0.15, 0.2) is 0 Å². The van der Waals surface area contributed by atoms with Gasteiger partial charge in [0, 0.05) is 10.5 Å². The van der Waals surface area contributed by atoms with Crippen LogP contribution in [0.5, 0.6) is 0 Å². The van der Waals surface area contributed by atoms with E-state index in [2.05, 4.69) is 49.5 Å². The molecule has 0 amide bonds. The topological polar surface area (TPSA) is 42.7 Å². The average Bonchev–Trinajstić information content (AvgIpc) is 2.94. The number of piperidine rings is 1. The van der Waals surface area contributed by atoms with Gasteiger partial charge in [0.2, 0.25) is 0 Å². The summed E-state index contributed by atoms with van der Waals surface area (Å²) in [5, 5.41) is 7.74. The van der Waals surface area contributed by atoms with Crippen molar-refractivity contribution in [2.75, 3.05) is 6.54 Å². The minimum atomic E-state index is 0.623. The van der Waals surface area contributed by atoms with Gasteiger partial charge in [0.1, 0.15) is 12.7 Å². The normalized spacial score (nSPS) is 19.5. The summed E-state index contributed by atoms with van der Waals surface area (Å²) in [6, 6.07) is 7.08. The van der Waals surface area contributed by atoms with Gasteiger partial charge in [-0.3, -0.25) is 0 Å². The van der Waals surface area contributed by atoms with E-state index in [0.29, 0.717) is 6.04 Å². The Bertz CT molecular complexity index is 532. The molecule has 0 bridgehead atoms. The first-order chi connectivity index (χ1) is 9.33. The van der Waals surface area contributed by atoms with Gasteiger partial charge in [-0.1, -0.05) is 12.5 Å². The summed E-state index contributed by atoms with van der Waals surface area (Å²) >= 11 is 3.62. The second-order valence-electron chi connectivity index (χ2n) is 4.98. The Morgan fingerprint density at radius 3 is 3.00 bits per heavy atom. The molecule has 1 fully saturated rings. The maximum atomic E-state index is 4.16. The van der Waals surface area contributed by atoms with E-state index in [0.717, 1.165) is 23.1 Å². The molecule has 100 valence electrons. The molecule has 1 aromatic carbocycles. The van der Waals surface area contributed by atoms with E-state index in [4.69, 9.17) is 0 Å². The quantitative estimate of drug-likeness (QED) is 0.945. The Morgan fingerprint density at radius 1 is 1.37 bits per heavy atom. The van der Waals surface area contributed by atoms with Gasteiger partial charge in [0.25, 0.3) is 0 Å². The zero-order chi connectivity index (χ0) is 13.1. The number of hydrogen-bond acceptors (Lipinski definition) is 3. The molecule has 1 unspecified atom stereocenters. The molecule has 1 saturated heterocycles. The first-order valence-corrected chi connectivity index (χ1v) is 7.49. The molecule has 1 N–H and O–H groups in total. The average molecular weight is 321 g/mol. The molecule has 3 rings (SSSR count). The van der Waals surface area contributed by atoms with Crippen LogP contribution in [0.25, 0.3) is 5.69 Å². The van der Waals surface area contributed by atoms with Gasteiger partial charge in [-0.15, -0.1) is 0 Å². The summed E-state index contributed by atoms with van der Waals surface area (Å²) in [6.45, 7) is 1.16. The van der Waals surface area contributed by atoms with Crippen LogP contribution < -0.4 is 5.32 Å². The predicted molar refractivity (Wildman–Crippen MR) is 78.4 cm³/mol. The summed E-state index contributed by atoms with van der Waals surface area (Å²) in [5.74, 6) is 0. The van der Waals surface area contributed by atoms with Crippen LogP contribution in [0.4, 0.5) is 0 Å². The van der Waals surface area contributed by atoms with Crippen molar-refractivity contribution < 1.29 is 0 Å². The van der Waals surface area contributed by atoms with Crippen molar-refractivity contribution in [1.82, 2.24) is 20.1 Å². The van der Waals surface area contributed by atoms with Crippen LogP contribution in [0.1, 0.15) is 24.8 Å². The highest BCUT2D eigenvalue weighted by Crippen LogP contribution is 2.23. The minimum absolute atomic E-state index is 0.623. The summed E-state index contributed by atoms with van der Waals surface area (Å²) in [7, 11) is 0. The van der Waals surface area contributed by atoms with Crippen molar-refractivity contribution in [2.45, 2.75) is 31.7 Å². The molecule has 0 saturated carbocycles. The lowest BCUT2D eigenvalue weighted by Crippen LogP contribution is -2.35. The fourth-order valence-electron chi connectivity index (χ4n) is 2.58. The lowest BCUT2D eigenvalue weighted by atomic mass is 9.98. The van der Waals surface area contributed by atoms with E-state index in [1.54, 1.807) is 17.3 Å². The summed E-state index contributed by atoms with van der Waals surface area (Å²) < 4.78 is 2.83. The van der Waals surface area contributed by atoms with Gasteiger partial charge < -0.3 is 5.32 Å². The van der Waals surface area contributed by atoms with Gasteiger partial charge in [-0.2, -0.15) is 5.10 Å². The van der Waals surface area contributed by atoms with Crippen LogP contribution in [0, 0.1) is 0 Å². The Hall–Kier alpha value is -1.20. The SMILES string of the molecule is Brc1cc(CC2CCCCN2)ccc1-n1cncn1. The first-order valence-electron chi connectivity index (χ1n) is 6.70. The number of halogens is 1. The Kier molecular flexibility index (Phi) is 3.94. The molecule has 1 aliphatic rings. The van der Waals surface area contributed by atoms with E-state index in [1.165, 1.54) is 24.8 Å². The number of benzene rings is 1. The molecule has 1 aromatic heterocycles. The van der Waals surface area contributed by atoms with Crippen molar-refractivity contribution in [3.63, 3.8) is 0 Å². The lowest BCUT2D eigenvalue weighted by Gasteiger charge is -2.23. The van der Waals surface area contributed by atoms with Crippen LogP contribution in [-0.4, -0.2) is 27.4 Å². The van der Waals surface area contributed by atoms with E-state index in [1.807, 2.05) is 0 Å². The Balaban J connectivity index is 1.75. The van der Waals surface area contributed by atoms with Crippen LogP contribution in [0.15, 0.2) is 35.3 Å². The third-order valence-electron chi connectivity index (χ3n) is 3.57. The Labute approximate surface area is 121 Å². The van der Waals surface area contributed by atoms with E-state index >= 15 is 0 Å². The second kappa shape index (κ2) is 5.84. The molecule has 5 heteroatoms. The third kappa shape index (κ3) is 3.04. The number of hydrogen-bond donors (Lipinski definition) is 1. The van der Waals surface area contributed by atoms with Gasteiger partial charge in [-0.05, 0) is 59.4 Å². The van der Waals surface area contributed by atoms with Crippen molar-refractivity contribution in [2.24, 2.45) is 0 Å². The summed E-state index contributed by atoms with van der Waals surface area (Å²) in [6.07, 6.45) is 8.29. The Morgan fingerprint density at radius 2 is 2.32 bits per heavy atom. The third-order valence-corrected chi connectivity index (χ3v) is 4.21. The molecule has 4 nitrogen and oxygen atoms in total. The molecule has 1 atom stereocenters. The fraction of sp³-hybridized carbons (Fsp3) is 0.429. The van der Waals surface area contributed by atoms with Crippen molar-refractivity contribution in [1.29, 1.82) is 0 Å². The molecule has 0 radical (unpaired) electrons. The zero-order valence-corrected chi connectivity index (χ0v) is 12.3. The molecular formula is C14H17BrN4. The number of aromatic nitrogens is 3. The molecule has 0 aliphatic carbocycles. The molecule has 0 spiro atoms. The van der Waals surface area contributed by atoms with Gasteiger partial charge in [0.05, 0.1) is 5.69 Å². The molecular weight excluding hydrogens is 304 g/mol. The van der Waals surface area contributed by atoms with Crippen molar-refractivity contribution in [3.05, 3.63) is 40.9 Å². The highest BCUT2D eigenvalue weighted by Gasteiger charge is 2.13. The standard InChI is InChI=1S/C14H17BrN4/c15-13-8-11(7-12-3-1-2-6-17-12)4-5-14(13)19-10-16-9-18-19/h4-5,8-10,12,17H,1-3,6-7H2. The molecule has 1 aliphatic heterocycles.